The number of anilines is 1. The lowest BCUT2D eigenvalue weighted by Gasteiger charge is -2.20. The van der Waals surface area contributed by atoms with Crippen LogP contribution in [0.15, 0.2) is 64.9 Å². The number of aliphatic hydroxyl groups excluding tert-OH is 1. The maximum absolute atomic E-state index is 13.4. The van der Waals surface area contributed by atoms with Crippen molar-refractivity contribution in [2.45, 2.75) is 77.7 Å². The van der Waals surface area contributed by atoms with E-state index >= 15 is 0 Å². The number of aliphatic hydroxyl groups is 1. The molecule has 0 fully saturated rings. The highest BCUT2D eigenvalue weighted by Gasteiger charge is 2.30. The number of esters is 1. The summed E-state index contributed by atoms with van der Waals surface area (Å²) in [5.41, 5.74) is 3.12. The summed E-state index contributed by atoms with van der Waals surface area (Å²) in [6.45, 7) is 8.58. The number of carbonyl (C=O) groups is 1. The van der Waals surface area contributed by atoms with Crippen molar-refractivity contribution in [3.8, 4) is 0 Å². The molecule has 1 aliphatic rings. The molecule has 1 unspecified atom stereocenters. The zero-order valence-corrected chi connectivity index (χ0v) is 21.2. The highest BCUT2D eigenvalue weighted by molar-refractivity contribution is 6.25. The Morgan fingerprint density at radius 1 is 1.09 bits per heavy atom. The Morgan fingerprint density at radius 2 is 1.77 bits per heavy atom. The minimum absolute atomic E-state index is 0.0379. The van der Waals surface area contributed by atoms with Gasteiger partial charge in [0.25, 0.3) is 0 Å². The number of ether oxygens (including phenoxy) is 1. The van der Waals surface area contributed by atoms with Crippen molar-refractivity contribution >= 4 is 17.5 Å². The van der Waals surface area contributed by atoms with Gasteiger partial charge >= 0.3 is 5.97 Å². The first-order valence-corrected chi connectivity index (χ1v) is 12.5. The van der Waals surface area contributed by atoms with E-state index in [1.807, 2.05) is 0 Å². The van der Waals surface area contributed by atoms with E-state index in [0.29, 0.717) is 12.1 Å². The fourth-order valence-electron chi connectivity index (χ4n) is 4.07. The van der Waals surface area contributed by atoms with Crippen molar-refractivity contribution in [1.29, 1.82) is 0 Å². The Labute approximate surface area is 208 Å². The van der Waals surface area contributed by atoms with Gasteiger partial charge < -0.3 is 15.2 Å². The molecule has 0 saturated carbocycles. The van der Waals surface area contributed by atoms with Crippen molar-refractivity contribution < 1.29 is 19.0 Å². The van der Waals surface area contributed by atoms with Crippen LogP contribution in [0.5, 0.6) is 0 Å². The first-order valence-electron chi connectivity index (χ1n) is 12.5. The molecule has 1 aliphatic heterocycles. The van der Waals surface area contributed by atoms with Crippen LogP contribution in [0.4, 0.5) is 10.1 Å². The van der Waals surface area contributed by atoms with Crippen LogP contribution in [0.1, 0.15) is 70.9 Å². The van der Waals surface area contributed by atoms with Gasteiger partial charge in [0, 0.05) is 5.69 Å². The predicted octanol–water partition coefficient (Wildman–Crippen LogP) is 6.88. The highest BCUT2D eigenvalue weighted by atomic mass is 19.1. The van der Waals surface area contributed by atoms with Crippen LogP contribution in [0.2, 0.25) is 0 Å². The molecule has 2 aromatic carbocycles. The Hall–Kier alpha value is -3.15. The number of halogens is 1. The molecule has 0 spiro atoms. The second-order valence-corrected chi connectivity index (χ2v) is 10.2. The third kappa shape index (κ3) is 7.67. The van der Waals surface area contributed by atoms with E-state index < -0.39 is 5.97 Å². The quantitative estimate of drug-likeness (QED) is 0.168. The van der Waals surface area contributed by atoms with Crippen molar-refractivity contribution in [3.05, 3.63) is 76.8 Å². The largest absolute Gasteiger partial charge is 0.508 e. The minimum atomic E-state index is -0.616. The van der Waals surface area contributed by atoms with Crippen LogP contribution in [-0.2, 0) is 21.4 Å². The van der Waals surface area contributed by atoms with Gasteiger partial charge in [0.15, 0.2) is 0 Å². The molecule has 2 aromatic rings. The van der Waals surface area contributed by atoms with Crippen LogP contribution in [0.25, 0.3) is 0 Å². The summed E-state index contributed by atoms with van der Waals surface area (Å²) in [5.74, 6) is -0.870. The highest BCUT2D eigenvalue weighted by Crippen LogP contribution is 2.24. The van der Waals surface area contributed by atoms with Gasteiger partial charge in [-0.25, -0.2) is 9.18 Å². The van der Waals surface area contributed by atoms with Gasteiger partial charge in [-0.15, -0.1) is 0 Å². The molecule has 2 N–H and O–H groups in total. The fraction of sp³-hybridized carbons (Fsp3) is 0.448. The minimum Gasteiger partial charge on any atom is -0.508 e. The summed E-state index contributed by atoms with van der Waals surface area (Å²) < 4.78 is 18.5. The summed E-state index contributed by atoms with van der Waals surface area (Å²) in [6, 6.07) is 14.3. The molecule has 3 rings (SSSR count). The second kappa shape index (κ2) is 12.0. The number of nitrogens with one attached hydrogen (secondary N) is 1. The lowest BCUT2D eigenvalue weighted by molar-refractivity contribution is -0.135. The molecule has 6 heteroatoms. The third-order valence-corrected chi connectivity index (χ3v) is 6.17. The van der Waals surface area contributed by atoms with Crippen LogP contribution < -0.4 is 5.32 Å². The van der Waals surface area contributed by atoms with Crippen LogP contribution in [0, 0.1) is 5.82 Å². The molecule has 188 valence electrons. The maximum atomic E-state index is 13.4. The van der Waals surface area contributed by atoms with E-state index in [2.05, 4.69) is 57.3 Å². The number of nitrogens with zero attached hydrogens (tertiary/aromatic N) is 1. The topological polar surface area (TPSA) is 70.9 Å². The van der Waals surface area contributed by atoms with E-state index in [0.717, 1.165) is 37.7 Å². The lowest BCUT2D eigenvalue weighted by atomic mass is 9.86. The Morgan fingerprint density at radius 3 is 2.34 bits per heavy atom. The molecule has 0 aromatic heterocycles. The lowest BCUT2D eigenvalue weighted by Crippen LogP contribution is -2.24. The molecule has 0 saturated heterocycles. The van der Waals surface area contributed by atoms with E-state index in [1.165, 1.54) is 17.7 Å². The first-order chi connectivity index (χ1) is 16.7. The number of amidine groups is 1. The summed E-state index contributed by atoms with van der Waals surface area (Å²) >= 11 is 0. The van der Waals surface area contributed by atoms with Crippen LogP contribution in [0.3, 0.4) is 0 Å². The maximum Gasteiger partial charge on any atom is 0.345 e. The van der Waals surface area contributed by atoms with E-state index in [4.69, 9.17) is 9.73 Å². The van der Waals surface area contributed by atoms with Crippen molar-refractivity contribution in [3.63, 3.8) is 0 Å². The molecule has 5 nitrogen and oxygen atoms in total. The number of hydrogen-bond donors (Lipinski definition) is 2. The van der Waals surface area contributed by atoms with Gasteiger partial charge in [-0.2, -0.15) is 0 Å². The molecule has 0 bridgehead atoms. The predicted molar refractivity (Wildman–Crippen MR) is 139 cm³/mol. The summed E-state index contributed by atoms with van der Waals surface area (Å²) in [7, 11) is 0. The summed E-state index contributed by atoms with van der Waals surface area (Å²) in [4.78, 5) is 17.4. The Kier molecular flexibility index (Phi) is 9.07. The number of aliphatic imine (C=N–C) groups is 1. The van der Waals surface area contributed by atoms with Gasteiger partial charge in [-0.3, -0.25) is 4.99 Å². The molecule has 0 radical (unpaired) electrons. The summed E-state index contributed by atoms with van der Waals surface area (Å²) in [5, 5.41) is 13.5. The number of carbonyl (C=O) groups excluding carboxylic acids is 1. The number of unbranched alkanes of at least 4 members (excludes halogenated alkanes) is 3. The fourth-order valence-corrected chi connectivity index (χ4v) is 4.07. The Bertz CT molecular complexity index is 1050. The number of hydrogen-bond acceptors (Lipinski definition) is 4. The number of rotatable bonds is 10. The van der Waals surface area contributed by atoms with E-state index in [1.54, 1.807) is 12.1 Å². The second-order valence-electron chi connectivity index (χ2n) is 10.2. The van der Waals surface area contributed by atoms with E-state index in [-0.39, 0.29) is 41.0 Å². The average Bonchev–Trinajstić information content (AvgIpc) is 3.15. The molecule has 35 heavy (non-hydrogen) atoms. The average molecular weight is 481 g/mol. The van der Waals surface area contributed by atoms with Gasteiger partial charge in [-0.1, -0.05) is 77.6 Å². The standard InChI is InChI=1S/C29H37FN2O3/c1-5-6-7-8-9-24(18-20-10-12-21(13-11-20)29(2,3)4)32-27(26-25(33)19-35-28(26)34)31-23-16-14-22(30)15-17-23/h10-17,24,33H,5-9,18-19H2,1-4H3,(H,31,32). The van der Waals surface area contributed by atoms with Gasteiger partial charge in [0.2, 0.25) is 0 Å². The van der Waals surface area contributed by atoms with Crippen molar-refractivity contribution in [2.24, 2.45) is 4.99 Å². The molecule has 0 amide bonds. The number of benzene rings is 2. The summed E-state index contributed by atoms with van der Waals surface area (Å²) in [6.07, 6.45) is 5.98. The van der Waals surface area contributed by atoms with Crippen LogP contribution in [-0.4, -0.2) is 29.6 Å². The third-order valence-electron chi connectivity index (χ3n) is 6.17. The number of cyclic esters (lactones) is 1. The molecular formula is C29H37FN2O3. The van der Waals surface area contributed by atoms with Crippen molar-refractivity contribution in [2.75, 3.05) is 11.9 Å². The zero-order valence-electron chi connectivity index (χ0n) is 21.2. The molecule has 0 aliphatic carbocycles. The normalized spacial score (nSPS) is 15.3. The monoisotopic (exact) mass is 480 g/mol. The van der Waals surface area contributed by atoms with Crippen molar-refractivity contribution in [1.82, 2.24) is 0 Å². The zero-order chi connectivity index (χ0) is 25.4. The van der Waals surface area contributed by atoms with Gasteiger partial charge in [0.1, 0.15) is 29.6 Å². The smallest absolute Gasteiger partial charge is 0.345 e. The molecular weight excluding hydrogens is 443 g/mol. The Balaban J connectivity index is 1.92. The SMILES string of the molecule is CCCCCCC(Cc1ccc(C(C)(C)C)cc1)N=C(Nc1ccc(F)cc1)C1=C(O)COC1=O. The van der Waals surface area contributed by atoms with Gasteiger partial charge in [0.05, 0.1) is 6.04 Å². The molecule has 1 atom stereocenters. The first kappa shape index (κ1) is 26.5. The van der Waals surface area contributed by atoms with Gasteiger partial charge in [-0.05, 0) is 53.6 Å². The molecule has 1 heterocycles. The van der Waals surface area contributed by atoms with E-state index in [9.17, 15) is 14.3 Å². The van der Waals surface area contributed by atoms with Crippen LogP contribution >= 0.6 is 0 Å².